The third-order valence-corrected chi connectivity index (χ3v) is 4.55. The summed E-state index contributed by atoms with van der Waals surface area (Å²) in [5, 5.41) is 3.55. The lowest BCUT2D eigenvalue weighted by atomic mass is 9.98. The normalized spacial score (nSPS) is 29.3. The Morgan fingerprint density at radius 1 is 1.29 bits per heavy atom. The van der Waals surface area contributed by atoms with Crippen LogP contribution in [0.1, 0.15) is 45.4 Å². The second-order valence-electron chi connectivity index (χ2n) is 6.14. The maximum Gasteiger partial charge on any atom is 0.0708 e. The Balaban J connectivity index is 1.65. The first-order valence-corrected chi connectivity index (χ1v) is 7.16. The minimum atomic E-state index is 0.291. The molecule has 1 aliphatic heterocycles. The highest BCUT2D eigenvalue weighted by atomic mass is 16.5. The van der Waals surface area contributed by atoms with Gasteiger partial charge in [0.1, 0.15) is 0 Å². The third-order valence-electron chi connectivity index (χ3n) is 4.55. The van der Waals surface area contributed by atoms with E-state index in [0.717, 1.165) is 13.1 Å². The van der Waals surface area contributed by atoms with Crippen LogP contribution in [0.4, 0.5) is 0 Å². The molecular formula is C14H28N2O. The molecule has 1 N–H and O–H groups in total. The zero-order valence-corrected chi connectivity index (χ0v) is 11.7. The second kappa shape index (κ2) is 5.68. The topological polar surface area (TPSA) is 24.5 Å². The van der Waals surface area contributed by atoms with Crippen LogP contribution in [0.25, 0.3) is 0 Å². The molecule has 1 saturated heterocycles. The molecule has 2 unspecified atom stereocenters. The molecule has 1 saturated carbocycles. The number of nitrogens with zero attached hydrogens (tertiary/aromatic N) is 1. The van der Waals surface area contributed by atoms with E-state index in [1.165, 1.54) is 38.5 Å². The molecule has 17 heavy (non-hydrogen) atoms. The Morgan fingerprint density at radius 3 is 2.65 bits per heavy atom. The van der Waals surface area contributed by atoms with Gasteiger partial charge < -0.3 is 15.0 Å². The van der Waals surface area contributed by atoms with Crippen LogP contribution in [0, 0.1) is 0 Å². The SMILES string of the molecule is CC(CNCC1CCC2(CCCC2)O1)N(C)C. The van der Waals surface area contributed by atoms with Gasteiger partial charge in [-0.3, -0.25) is 0 Å². The van der Waals surface area contributed by atoms with E-state index < -0.39 is 0 Å². The largest absolute Gasteiger partial charge is 0.370 e. The molecule has 0 radical (unpaired) electrons. The summed E-state index contributed by atoms with van der Waals surface area (Å²) in [6.45, 7) is 4.33. The van der Waals surface area contributed by atoms with Crippen LogP contribution in [0.3, 0.4) is 0 Å². The summed E-state index contributed by atoms with van der Waals surface area (Å²) >= 11 is 0. The van der Waals surface area contributed by atoms with Gasteiger partial charge in [-0.05, 0) is 46.7 Å². The van der Waals surface area contributed by atoms with Crippen molar-refractivity contribution in [2.75, 3.05) is 27.2 Å². The maximum absolute atomic E-state index is 6.28. The third kappa shape index (κ3) is 3.43. The number of nitrogens with one attached hydrogen (secondary N) is 1. The fourth-order valence-corrected chi connectivity index (χ4v) is 3.06. The fourth-order valence-electron chi connectivity index (χ4n) is 3.06. The predicted molar refractivity (Wildman–Crippen MR) is 71.3 cm³/mol. The van der Waals surface area contributed by atoms with Crippen molar-refractivity contribution in [3.63, 3.8) is 0 Å². The second-order valence-corrected chi connectivity index (χ2v) is 6.14. The van der Waals surface area contributed by atoms with Gasteiger partial charge in [0.15, 0.2) is 0 Å². The van der Waals surface area contributed by atoms with E-state index in [4.69, 9.17) is 4.74 Å². The molecule has 2 atom stereocenters. The lowest BCUT2D eigenvalue weighted by molar-refractivity contribution is -0.0353. The minimum absolute atomic E-state index is 0.291. The number of hydrogen-bond acceptors (Lipinski definition) is 3. The highest BCUT2D eigenvalue weighted by Gasteiger charge is 2.41. The lowest BCUT2D eigenvalue weighted by Crippen LogP contribution is -2.39. The van der Waals surface area contributed by atoms with Gasteiger partial charge in [0.2, 0.25) is 0 Å². The summed E-state index contributed by atoms with van der Waals surface area (Å²) < 4.78 is 6.28. The molecule has 0 aromatic heterocycles. The molecule has 1 heterocycles. The first kappa shape index (κ1) is 13.3. The highest BCUT2D eigenvalue weighted by molar-refractivity contribution is 4.93. The summed E-state index contributed by atoms with van der Waals surface area (Å²) in [5.41, 5.74) is 0.291. The zero-order chi connectivity index (χ0) is 12.3. The molecule has 3 nitrogen and oxygen atoms in total. The van der Waals surface area contributed by atoms with Gasteiger partial charge in [-0.2, -0.15) is 0 Å². The van der Waals surface area contributed by atoms with Crippen molar-refractivity contribution in [3.8, 4) is 0 Å². The van der Waals surface area contributed by atoms with Crippen molar-refractivity contribution in [1.82, 2.24) is 10.2 Å². The molecule has 3 heteroatoms. The molecule has 0 aromatic rings. The fraction of sp³-hybridized carbons (Fsp3) is 1.00. The van der Waals surface area contributed by atoms with E-state index in [0.29, 0.717) is 17.7 Å². The van der Waals surface area contributed by atoms with Crippen LogP contribution < -0.4 is 5.32 Å². The van der Waals surface area contributed by atoms with Crippen LogP contribution >= 0.6 is 0 Å². The summed E-state index contributed by atoms with van der Waals surface area (Å²) in [4.78, 5) is 2.25. The quantitative estimate of drug-likeness (QED) is 0.795. The lowest BCUT2D eigenvalue weighted by Gasteiger charge is -2.25. The van der Waals surface area contributed by atoms with Gasteiger partial charge in [0.05, 0.1) is 11.7 Å². The number of rotatable bonds is 5. The van der Waals surface area contributed by atoms with Crippen LogP contribution in [0.15, 0.2) is 0 Å². The van der Waals surface area contributed by atoms with E-state index in [2.05, 4.69) is 31.2 Å². The molecule has 2 aliphatic rings. The average molecular weight is 240 g/mol. The van der Waals surface area contributed by atoms with E-state index in [1.54, 1.807) is 0 Å². The van der Waals surface area contributed by atoms with Crippen LogP contribution in [0.2, 0.25) is 0 Å². The maximum atomic E-state index is 6.28. The monoisotopic (exact) mass is 240 g/mol. The average Bonchev–Trinajstić information content (AvgIpc) is 2.90. The molecule has 0 aromatic carbocycles. The van der Waals surface area contributed by atoms with Crippen LogP contribution in [-0.4, -0.2) is 49.8 Å². The summed E-state index contributed by atoms with van der Waals surface area (Å²) in [6, 6.07) is 0.594. The first-order valence-electron chi connectivity index (χ1n) is 7.16. The van der Waals surface area contributed by atoms with Gasteiger partial charge in [0, 0.05) is 19.1 Å². The Bertz CT molecular complexity index is 236. The Hall–Kier alpha value is -0.120. The van der Waals surface area contributed by atoms with E-state index in [1.807, 2.05) is 0 Å². The molecular weight excluding hydrogens is 212 g/mol. The molecule has 0 bridgehead atoms. The standard InChI is InChI=1S/C14H28N2O/c1-12(16(2)3)10-15-11-13-6-9-14(17-13)7-4-5-8-14/h12-13,15H,4-11H2,1-3H3. The van der Waals surface area contributed by atoms with Crippen molar-refractivity contribution in [2.45, 2.75) is 63.2 Å². The molecule has 1 aliphatic carbocycles. The van der Waals surface area contributed by atoms with E-state index >= 15 is 0 Å². The van der Waals surface area contributed by atoms with E-state index in [9.17, 15) is 0 Å². The number of ether oxygens (including phenoxy) is 1. The first-order chi connectivity index (χ1) is 8.11. The smallest absolute Gasteiger partial charge is 0.0708 e. The van der Waals surface area contributed by atoms with Crippen LogP contribution in [0.5, 0.6) is 0 Å². The summed E-state index contributed by atoms with van der Waals surface area (Å²) in [6.07, 6.45) is 8.36. The zero-order valence-electron chi connectivity index (χ0n) is 11.7. The summed E-state index contributed by atoms with van der Waals surface area (Å²) in [7, 11) is 4.26. The Kier molecular flexibility index (Phi) is 4.45. The van der Waals surface area contributed by atoms with Gasteiger partial charge in [0.25, 0.3) is 0 Å². The number of likely N-dealkylation sites (N-methyl/N-ethyl adjacent to an activating group) is 1. The number of hydrogen-bond donors (Lipinski definition) is 1. The Morgan fingerprint density at radius 2 is 2.00 bits per heavy atom. The molecule has 1 spiro atoms. The predicted octanol–water partition coefficient (Wildman–Crippen LogP) is 2.02. The van der Waals surface area contributed by atoms with Gasteiger partial charge in [-0.1, -0.05) is 12.8 Å². The van der Waals surface area contributed by atoms with Crippen LogP contribution in [-0.2, 0) is 4.74 Å². The van der Waals surface area contributed by atoms with Gasteiger partial charge in [-0.25, -0.2) is 0 Å². The summed E-state index contributed by atoms with van der Waals surface area (Å²) in [5.74, 6) is 0. The van der Waals surface area contributed by atoms with Crippen molar-refractivity contribution in [3.05, 3.63) is 0 Å². The molecule has 0 amide bonds. The highest BCUT2D eigenvalue weighted by Crippen LogP contribution is 2.43. The van der Waals surface area contributed by atoms with E-state index in [-0.39, 0.29) is 0 Å². The van der Waals surface area contributed by atoms with Crippen molar-refractivity contribution in [2.24, 2.45) is 0 Å². The molecule has 2 fully saturated rings. The van der Waals surface area contributed by atoms with Crippen molar-refractivity contribution < 1.29 is 4.74 Å². The van der Waals surface area contributed by atoms with Gasteiger partial charge in [-0.15, -0.1) is 0 Å². The van der Waals surface area contributed by atoms with Gasteiger partial charge >= 0.3 is 0 Å². The Labute approximate surface area is 106 Å². The molecule has 2 rings (SSSR count). The minimum Gasteiger partial charge on any atom is -0.370 e. The van der Waals surface area contributed by atoms with Crippen molar-refractivity contribution >= 4 is 0 Å². The molecule has 100 valence electrons. The van der Waals surface area contributed by atoms with Crippen molar-refractivity contribution in [1.29, 1.82) is 0 Å².